The van der Waals surface area contributed by atoms with E-state index in [4.69, 9.17) is 0 Å². The highest BCUT2D eigenvalue weighted by atomic mass is 19.4. The molecule has 1 amide bonds. The number of carbonyl (C=O) groups excluding carboxylic acids is 1. The van der Waals surface area contributed by atoms with Gasteiger partial charge in [-0.25, -0.2) is 4.98 Å². The maximum absolute atomic E-state index is 12.1. The van der Waals surface area contributed by atoms with Gasteiger partial charge >= 0.3 is 6.36 Å². The molecule has 1 aromatic carbocycles. The van der Waals surface area contributed by atoms with Crippen molar-refractivity contribution in [3.8, 4) is 16.9 Å². The zero-order valence-electron chi connectivity index (χ0n) is 11.9. The van der Waals surface area contributed by atoms with Gasteiger partial charge < -0.3 is 10.1 Å². The molecule has 23 heavy (non-hydrogen) atoms. The van der Waals surface area contributed by atoms with Gasteiger partial charge in [0.2, 0.25) is 5.91 Å². The Bertz CT molecular complexity index is 710. The van der Waals surface area contributed by atoms with Crippen LogP contribution in [0.5, 0.6) is 5.75 Å². The second-order valence-electron chi connectivity index (χ2n) is 5.21. The molecular weight excluding hydrogens is 309 g/mol. The summed E-state index contributed by atoms with van der Waals surface area (Å²) in [5.74, 6) is 0.0628. The average molecular weight is 321 g/mol. The van der Waals surface area contributed by atoms with Crippen LogP contribution >= 0.6 is 0 Å². The van der Waals surface area contributed by atoms with Crippen molar-refractivity contribution in [1.29, 1.82) is 0 Å². The number of amides is 1. The third-order valence-electron chi connectivity index (χ3n) is 3.32. The third-order valence-corrected chi connectivity index (χ3v) is 3.32. The summed E-state index contributed by atoms with van der Waals surface area (Å²) >= 11 is 0. The molecule has 1 heterocycles. The van der Waals surface area contributed by atoms with Gasteiger partial charge in [0.15, 0.2) is 0 Å². The number of rotatable bonds is 4. The van der Waals surface area contributed by atoms with Crippen molar-refractivity contribution in [2.75, 3.05) is 5.32 Å². The van der Waals surface area contributed by atoms with E-state index >= 15 is 0 Å². The lowest BCUT2D eigenvalue weighted by atomic mass is 10.1. The Labute approximate surface area is 130 Å². The average Bonchev–Trinajstić information content (AvgIpc) is 3.31. The van der Waals surface area contributed by atoms with Crippen molar-refractivity contribution >= 4 is 11.7 Å². The van der Waals surface area contributed by atoms with E-state index < -0.39 is 6.36 Å². The molecule has 0 bridgehead atoms. The molecular formula is C16H12F3N2O2. The second-order valence-corrected chi connectivity index (χ2v) is 5.21. The van der Waals surface area contributed by atoms with Crippen molar-refractivity contribution in [1.82, 2.24) is 4.98 Å². The minimum absolute atomic E-state index is 0.0549. The molecule has 1 N–H and O–H groups in total. The number of nitrogens with zero attached hydrogens (tertiary/aromatic N) is 1. The SMILES string of the molecule is O=C(Nc1cc(-c2ccc(OC(F)(F)F)cc2)c[c]n1)C1CC1. The molecule has 1 saturated carbocycles. The molecule has 0 saturated heterocycles. The van der Waals surface area contributed by atoms with Crippen molar-refractivity contribution in [3.05, 3.63) is 42.6 Å². The lowest BCUT2D eigenvalue weighted by Gasteiger charge is -2.10. The zero-order chi connectivity index (χ0) is 16.4. The quantitative estimate of drug-likeness (QED) is 0.932. The standard InChI is InChI=1S/C16H12F3N2O2/c17-16(18,19)23-13-5-3-10(4-6-13)12-7-8-20-14(9-12)21-15(22)11-1-2-11/h3-7,9,11H,1-2H2,(H,20,21,22). The zero-order valence-corrected chi connectivity index (χ0v) is 11.9. The number of pyridine rings is 1. The van der Waals surface area contributed by atoms with E-state index in [1.54, 1.807) is 12.1 Å². The van der Waals surface area contributed by atoms with Crippen LogP contribution in [0.1, 0.15) is 12.8 Å². The van der Waals surface area contributed by atoms with Crippen LogP contribution in [0.15, 0.2) is 36.4 Å². The Morgan fingerprint density at radius 3 is 2.52 bits per heavy atom. The van der Waals surface area contributed by atoms with Gasteiger partial charge in [-0.05, 0) is 48.2 Å². The van der Waals surface area contributed by atoms with E-state index in [0.29, 0.717) is 16.9 Å². The summed E-state index contributed by atoms with van der Waals surface area (Å²) in [6.45, 7) is 0. The van der Waals surface area contributed by atoms with Crippen molar-refractivity contribution < 1.29 is 22.7 Å². The molecule has 0 unspecified atom stereocenters. The van der Waals surface area contributed by atoms with Crippen LogP contribution in [0.25, 0.3) is 11.1 Å². The molecule has 3 rings (SSSR count). The van der Waals surface area contributed by atoms with Crippen molar-refractivity contribution in [3.63, 3.8) is 0 Å². The predicted octanol–water partition coefficient (Wildman–Crippen LogP) is 3.80. The van der Waals surface area contributed by atoms with E-state index in [1.165, 1.54) is 24.3 Å². The number of nitrogens with one attached hydrogen (secondary N) is 1. The number of alkyl halides is 3. The monoisotopic (exact) mass is 321 g/mol. The van der Waals surface area contributed by atoms with Crippen LogP contribution in [0.4, 0.5) is 19.0 Å². The summed E-state index contributed by atoms with van der Waals surface area (Å²) in [7, 11) is 0. The number of ether oxygens (including phenoxy) is 1. The van der Waals surface area contributed by atoms with Crippen LogP contribution in [-0.2, 0) is 4.79 Å². The van der Waals surface area contributed by atoms with Crippen LogP contribution in [0, 0.1) is 12.1 Å². The van der Waals surface area contributed by atoms with Crippen molar-refractivity contribution in [2.24, 2.45) is 5.92 Å². The predicted molar refractivity (Wildman–Crippen MR) is 76.5 cm³/mol. The highest BCUT2D eigenvalue weighted by molar-refractivity contribution is 5.93. The summed E-state index contributed by atoms with van der Waals surface area (Å²) in [6.07, 6.45) is -0.277. The van der Waals surface area contributed by atoms with Crippen LogP contribution in [-0.4, -0.2) is 17.3 Å². The fourth-order valence-corrected chi connectivity index (χ4v) is 2.05. The Morgan fingerprint density at radius 1 is 1.22 bits per heavy atom. The lowest BCUT2D eigenvalue weighted by Crippen LogP contribution is -2.16. The summed E-state index contributed by atoms with van der Waals surface area (Å²) in [5.41, 5.74) is 1.35. The second kappa shape index (κ2) is 5.91. The summed E-state index contributed by atoms with van der Waals surface area (Å²) in [5, 5.41) is 2.70. The Kier molecular flexibility index (Phi) is 3.94. The van der Waals surface area contributed by atoms with E-state index in [-0.39, 0.29) is 17.6 Å². The Hall–Kier alpha value is -2.57. The first kappa shape index (κ1) is 15.3. The summed E-state index contributed by atoms with van der Waals surface area (Å²) < 4.78 is 40.2. The minimum atomic E-state index is -4.72. The Balaban J connectivity index is 1.74. The fraction of sp³-hybridized carbons (Fsp3) is 0.250. The first-order valence-electron chi connectivity index (χ1n) is 6.96. The number of anilines is 1. The van der Waals surface area contributed by atoms with Gasteiger partial charge in [0, 0.05) is 5.92 Å². The molecule has 7 heteroatoms. The molecule has 0 aliphatic heterocycles. The van der Waals surface area contributed by atoms with Crippen LogP contribution in [0.3, 0.4) is 0 Å². The molecule has 1 radical (unpaired) electrons. The number of halogens is 3. The molecule has 1 aliphatic rings. The van der Waals surface area contributed by atoms with Gasteiger partial charge in [-0.1, -0.05) is 12.1 Å². The van der Waals surface area contributed by atoms with Gasteiger partial charge in [-0.2, -0.15) is 0 Å². The van der Waals surface area contributed by atoms with Crippen LogP contribution < -0.4 is 10.1 Å². The summed E-state index contributed by atoms with van der Waals surface area (Å²) in [6, 6.07) is 8.69. The number of hydrogen-bond donors (Lipinski definition) is 1. The molecule has 4 nitrogen and oxygen atoms in total. The van der Waals surface area contributed by atoms with Gasteiger partial charge in [0.25, 0.3) is 0 Å². The highest BCUT2D eigenvalue weighted by Gasteiger charge is 2.31. The number of hydrogen-bond acceptors (Lipinski definition) is 3. The molecule has 1 aromatic heterocycles. The van der Waals surface area contributed by atoms with Gasteiger partial charge in [0.1, 0.15) is 11.6 Å². The Morgan fingerprint density at radius 2 is 1.91 bits per heavy atom. The number of aromatic nitrogens is 1. The summed E-state index contributed by atoms with van der Waals surface area (Å²) in [4.78, 5) is 15.7. The van der Waals surface area contributed by atoms with E-state index in [0.717, 1.165) is 12.8 Å². The minimum Gasteiger partial charge on any atom is -0.406 e. The first-order valence-corrected chi connectivity index (χ1v) is 6.96. The lowest BCUT2D eigenvalue weighted by molar-refractivity contribution is -0.274. The first-order chi connectivity index (χ1) is 10.9. The maximum atomic E-state index is 12.1. The molecule has 1 aliphatic carbocycles. The number of carbonyl (C=O) groups is 1. The highest BCUT2D eigenvalue weighted by Crippen LogP contribution is 2.31. The third kappa shape index (κ3) is 4.21. The maximum Gasteiger partial charge on any atom is 0.573 e. The van der Waals surface area contributed by atoms with Gasteiger partial charge in [-0.3, -0.25) is 4.79 Å². The normalized spacial score (nSPS) is 14.4. The fourth-order valence-electron chi connectivity index (χ4n) is 2.05. The van der Waals surface area contributed by atoms with Gasteiger partial charge in [0.05, 0.1) is 6.20 Å². The van der Waals surface area contributed by atoms with Crippen molar-refractivity contribution in [2.45, 2.75) is 19.2 Å². The largest absolute Gasteiger partial charge is 0.573 e. The van der Waals surface area contributed by atoms with E-state index in [1.807, 2.05) is 0 Å². The van der Waals surface area contributed by atoms with Gasteiger partial charge in [-0.15, -0.1) is 13.2 Å². The molecule has 0 spiro atoms. The molecule has 2 aromatic rings. The van der Waals surface area contributed by atoms with Crippen LogP contribution in [0.2, 0.25) is 0 Å². The van der Waals surface area contributed by atoms with E-state index in [2.05, 4.69) is 21.2 Å². The molecule has 119 valence electrons. The smallest absolute Gasteiger partial charge is 0.406 e. The van der Waals surface area contributed by atoms with E-state index in [9.17, 15) is 18.0 Å². The topological polar surface area (TPSA) is 51.2 Å². The number of benzene rings is 1. The molecule has 0 atom stereocenters. The molecule has 1 fully saturated rings.